The Bertz CT molecular complexity index is 1220. The summed E-state index contributed by atoms with van der Waals surface area (Å²) in [6.07, 6.45) is 0.852. The average molecular weight is 524 g/mol. The van der Waals surface area contributed by atoms with Gasteiger partial charge in [0.15, 0.2) is 17.3 Å². The third-order valence-corrected chi connectivity index (χ3v) is 6.79. The first-order valence-corrected chi connectivity index (χ1v) is 12.3. The van der Waals surface area contributed by atoms with E-state index in [1.54, 1.807) is 18.3 Å². The number of ether oxygens (including phenoxy) is 4. The maximum absolute atomic E-state index is 13.6. The fourth-order valence-corrected chi connectivity index (χ4v) is 5.07. The molecule has 2 amide bonds. The number of hydrazine groups is 1. The van der Waals surface area contributed by atoms with Gasteiger partial charge >= 0.3 is 6.09 Å². The normalized spacial score (nSPS) is 20.7. The number of hydrogen-bond acceptors (Lipinski definition) is 8. The zero-order chi connectivity index (χ0) is 27.6. The summed E-state index contributed by atoms with van der Waals surface area (Å²) < 4.78 is 21.9. The van der Waals surface area contributed by atoms with Gasteiger partial charge in [0.05, 0.1) is 33.4 Å². The van der Waals surface area contributed by atoms with Crippen LogP contribution >= 0.6 is 0 Å². The van der Waals surface area contributed by atoms with Crippen molar-refractivity contribution in [1.82, 2.24) is 15.3 Å². The second kappa shape index (κ2) is 11.1. The summed E-state index contributed by atoms with van der Waals surface area (Å²) in [6, 6.07) is 10.9. The molecule has 1 saturated heterocycles. The molecule has 2 aromatic carbocycles. The molecule has 10 nitrogen and oxygen atoms in total. The van der Waals surface area contributed by atoms with Gasteiger partial charge < -0.3 is 24.3 Å². The van der Waals surface area contributed by atoms with Crippen molar-refractivity contribution in [3.63, 3.8) is 0 Å². The molecule has 1 N–H and O–H groups in total. The number of amides is 2. The van der Waals surface area contributed by atoms with Crippen molar-refractivity contribution >= 4 is 17.8 Å². The number of alkyl carbamates (subject to hydrolysis) is 1. The number of carbonyl (C=O) groups excluding carboxylic acids is 3. The number of ketones is 1. The number of rotatable bonds is 9. The maximum atomic E-state index is 13.6. The van der Waals surface area contributed by atoms with E-state index < -0.39 is 24.2 Å². The van der Waals surface area contributed by atoms with Crippen molar-refractivity contribution in [3.05, 3.63) is 65.4 Å². The lowest BCUT2D eigenvalue weighted by Crippen LogP contribution is -2.50. The highest BCUT2D eigenvalue weighted by Gasteiger charge is 2.55. The Hall–Kier alpha value is -4.05. The van der Waals surface area contributed by atoms with E-state index in [0.29, 0.717) is 28.4 Å². The van der Waals surface area contributed by atoms with E-state index in [2.05, 4.69) is 5.32 Å². The van der Waals surface area contributed by atoms with Gasteiger partial charge in [-0.25, -0.2) is 9.80 Å². The second-order valence-electron chi connectivity index (χ2n) is 9.48. The third-order valence-electron chi connectivity index (χ3n) is 6.79. The van der Waals surface area contributed by atoms with E-state index in [1.165, 1.54) is 33.3 Å². The topological polar surface area (TPSA) is 107 Å². The molecule has 2 aliphatic heterocycles. The van der Waals surface area contributed by atoms with Crippen LogP contribution in [-0.4, -0.2) is 61.2 Å². The van der Waals surface area contributed by atoms with Crippen LogP contribution in [0.4, 0.5) is 4.79 Å². The Morgan fingerprint density at radius 1 is 1.00 bits per heavy atom. The van der Waals surface area contributed by atoms with Gasteiger partial charge in [-0.15, -0.1) is 0 Å². The number of carbonyl (C=O) groups is 3. The molecule has 2 heterocycles. The maximum Gasteiger partial charge on any atom is 0.408 e. The van der Waals surface area contributed by atoms with Crippen molar-refractivity contribution in [2.24, 2.45) is 5.92 Å². The molecule has 10 heteroatoms. The summed E-state index contributed by atoms with van der Waals surface area (Å²) in [4.78, 5) is 39.1. The van der Waals surface area contributed by atoms with Gasteiger partial charge in [0, 0.05) is 11.8 Å². The number of nitrogens with zero attached hydrogens (tertiary/aromatic N) is 2. The lowest BCUT2D eigenvalue weighted by atomic mass is 9.91. The number of fused-ring (bicyclic) bond motifs is 1. The van der Waals surface area contributed by atoms with Crippen LogP contribution in [0.2, 0.25) is 0 Å². The van der Waals surface area contributed by atoms with E-state index >= 15 is 0 Å². The number of hydrogen-bond donors (Lipinski definition) is 1. The lowest BCUT2D eigenvalue weighted by Gasteiger charge is -2.35. The standard InChI is InChI=1S/C28H33N3O7/c1-16(2)24-23(29-28(34)38-15-18-10-8-7-9-11-18)27(33)30-14-20(17(3)32)25(31(24)30)19-12-21(35-4)26(37-6)22(13-19)36-5/h7-14,16,23-25H,15H2,1-6H3,(H,29,34)/t23-,24-,25+/m1/s1. The molecule has 0 saturated carbocycles. The van der Waals surface area contributed by atoms with Crippen LogP contribution in [0.1, 0.15) is 37.9 Å². The molecular weight excluding hydrogens is 490 g/mol. The molecule has 2 aliphatic rings. The summed E-state index contributed by atoms with van der Waals surface area (Å²) in [5, 5.41) is 6.03. The largest absolute Gasteiger partial charge is 0.493 e. The Morgan fingerprint density at radius 2 is 1.63 bits per heavy atom. The molecule has 0 bridgehead atoms. The van der Waals surface area contributed by atoms with Crippen molar-refractivity contribution < 1.29 is 33.3 Å². The Balaban J connectivity index is 1.68. The summed E-state index contributed by atoms with van der Waals surface area (Å²) >= 11 is 0. The fourth-order valence-electron chi connectivity index (χ4n) is 5.07. The summed E-state index contributed by atoms with van der Waals surface area (Å²) in [5.74, 6) is 0.658. The van der Waals surface area contributed by atoms with E-state index in [4.69, 9.17) is 18.9 Å². The van der Waals surface area contributed by atoms with Crippen LogP contribution in [0.5, 0.6) is 17.2 Å². The van der Waals surface area contributed by atoms with Gasteiger partial charge in [0.25, 0.3) is 5.91 Å². The van der Waals surface area contributed by atoms with Gasteiger partial charge in [-0.2, -0.15) is 5.01 Å². The van der Waals surface area contributed by atoms with Crippen molar-refractivity contribution in [3.8, 4) is 17.2 Å². The smallest absolute Gasteiger partial charge is 0.408 e. The quantitative estimate of drug-likeness (QED) is 0.531. The number of methoxy groups -OCH3 is 3. The first-order valence-electron chi connectivity index (χ1n) is 12.3. The van der Waals surface area contributed by atoms with Gasteiger partial charge in [-0.1, -0.05) is 44.2 Å². The molecule has 2 aromatic rings. The van der Waals surface area contributed by atoms with E-state index in [-0.39, 0.29) is 24.2 Å². The number of nitrogens with one attached hydrogen (secondary N) is 1. The van der Waals surface area contributed by atoms with Gasteiger partial charge in [-0.3, -0.25) is 9.59 Å². The SMILES string of the molecule is COc1cc([C@H]2C(C(C)=O)=CN3C(=O)[C@H](NC(=O)OCc4ccccc4)[C@@H](C(C)C)N23)cc(OC)c1OC. The second-order valence-corrected chi connectivity index (χ2v) is 9.48. The molecule has 202 valence electrons. The van der Waals surface area contributed by atoms with Crippen LogP contribution in [-0.2, 0) is 20.9 Å². The molecule has 3 atom stereocenters. The summed E-state index contributed by atoms with van der Waals surface area (Å²) in [7, 11) is 4.54. The highest BCUT2D eigenvalue weighted by molar-refractivity contribution is 5.98. The Morgan fingerprint density at radius 3 is 2.16 bits per heavy atom. The molecule has 0 aromatic heterocycles. The van der Waals surface area contributed by atoms with Crippen LogP contribution in [0.3, 0.4) is 0 Å². The molecule has 38 heavy (non-hydrogen) atoms. The molecule has 0 radical (unpaired) electrons. The van der Waals surface area contributed by atoms with Crippen LogP contribution in [0, 0.1) is 5.92 Å². The van der Waals surface area contributed by atoms with E-state index in [0.717, 1.165) is 5.56 Å². The highest BCUT2D eigenvalue weighted by atomic mass is 16.5. The number of Topliss-reactive ketones (excluding diaryl/α,β-unsaturated/α-hetero) is 1. The van der Waals surface area contributed by atoms with Gasteiger partial charge in [0.2, 0.25) is 5.75 Å². The van der Waals surface area contributed by atoms with Crippen LogP contribution in [0.25, 0.3) is 0 Å². The lowest BCUT2D eigenvalue weighted by molar-refractivity contribution is -0.134. The number of benzene rings is 2. The van der Waals surface area contributed by atoms with Crippen molar-refractivity contribution in [2.45, 2.75) is 45.5 Å². The van der Waals surface area contributed by atoms with Crippen LogP contribution < -0.4 is 19.5 Å². The molecular formula is C28H33N3O7. The summed E-state index contributed by atoms with van der Waals surface area (Å²) in [5.41, 5.74) is 1.94. The van der Waals surface area contributed by atoms with Crippen molar-refractivity contribution in [2.75, 3.05) is 21.3 Å². The molecule has 0 aliphatic carbocycles. The fraction of sp³-hybridized carbons (Fsp3) is 0.393. The van der Waals surface area contributed by atoms with Crippen molar-refractivity contribution in [1.29, 1.82) is 0 Å². The average Bonchev–Trinajstić information content (AvgIpc) is 3.42. The molecule has 0 spiro atoms. The molecule has 4 rings (SSSR count). The van der Waals surface area contributed by atoms with Gasteiger partial charge in [-0.05, 0) is 36.1 Å². The molecule has 0 unspecified atom stereocenters. The predicted molar refractivity (Wildman–Crippen MR) is 138 cm³/mol. The first-order chi connectivity index (χ1) is 18.2. The minimum atomic E-state index is -0.882. The molecule has 1 fully saturated rings. The van der Waals surface area contributed by atoms with Gasteiger partial charge in [0.1, 0.15) is 12.6 Å². The van der Waals surface area contributed by atoms with Crippen LogP contribution in [0.15, 0.2) is 54.2 Å². The zero-order valence-corrected chi connectivity index (χ0v) is 22.4. The Kier molecular flexibility index (Phi) is 7.91. The first kappa shape index (κ1) is 27.0. The highest BCUT2D eigenvalue weighted by Crippen LogP contribution is 2.48. The minimum Gasteiger partial charge on any atom is -0.493 e. The minimum absolute atomic E-state index is 0.0763. The third kappa shape index (κ3) is 4.91. The Labute approximate surface area is 222 Å². The van der Waals surface area contributed by atoms with E-state index in [1.807, 2.05) is 49.2 Å². The zero-order valence-electron chi connectivity index (χ0n) is 22.4. The summed E-state index contributed by atoms with van der Waals surface area (Å²) in [6.45, 7) is 5.47. The predicted octanol–water partition coefficient (Wildman–Crippen LogP) is 3.62. The monoisotopic (exact) mass is 523 g/mol. The van der Waals surface area contributed by atoms with E-state index in [9.17, 15) is 14.4 Å².